The second kappa shape index (κ2) is 4.82. The van der Waals surface area contributed by atoms with Crippen LogP contribution in [0.15, 0.2) is 36.5 Å². The molecule has 88 valence electrons. The van der Waals surface area contributed by atoms with Gasteiger partial charge < -0.3 is 10.5 Å². The van der Waals surface area contributed by atoms with Crippen molar-refractivity contribution in [2.24, 2.45) is 11.7 Å². The van der Waals surface area contributed by atoms with E-state index < -0.39 is 0 Å². The molecule has 17 heavy (non-hydrogen) atoms. The molecule has 4 heteroatoms. The summed E-state index contributed by atoms with van der Waals surface area (Å²) < 4.78 is 5.51. The third-order valence-electron chi connectivity index (χ3n) is 2.56. The van der Waals surface area contributed by atoms with Crippen LogP contribution in [0.4, 0.5) is 0 Å². The Morgan fingerprint density at radius 1 is 1.47 bits per heavy atom. The summed E-state index contributed by atoms with van der Waals surface area (Å²) in [6.07, 6.45) is 1.75. The lowest BCUT2D eigenvalue weighted by Gasteiger charge is -2.10. The molecular weight excluding hydrogens is 216 g/mol. The van der Waals surface area contributed by atoms with Crippen molar-refractivity contribution in [1.82, 2.24) is 4.98 Å². The molecule has 1 heterocycles. The maximum Gasteiger partial charge on any atom is 0.223 e. The number of amides is 1. The lowest BCUT2D eigenvalue weighted by Crippen LogP contribution is -2.25. The minimum absolute atomic E-state index is 0.292. The average molecular weight is 230 g/mol. The van der Waals surface area contributed by atoms with Crippen LogP contribution in [0.1, 0.15) is 6.92 Å². The Morgan fingerprint density at radius 3 is 3.06 bits per heavy atom. The van der Waals surface area contributed by atoms with Gasteiger partial charge in [0.2, 0.25) is 5.91 Å². The standard InChI is InChI=1S/C13H14N2O2/c1-9(13(14)16)8-17-11-4-5-12-10(7-11)3-2-6-15-12/h2-7,9H,8H2,1H3,(H2,14,16). The van der Waals surface area contributed by atoms with Gasteiger partial charge in [0.1, 0.15) is 5.75 Å². The number of fused-ring (bicyclic) bond motifs is 1. The largest absolute Gasteiger partial charge is 0.493 e. The Bertz CT molecular complexity index is 540. The number of benzene rings is 1. The number of pyridine rings is 1. The van der Waals surface area contributed by atoms with E-state index in [-0.39, 0.29) is 11.8 Å². The predicted molar refractivity (Wildman–Crippen MR) is 65.6 cm³/mol. The zero-order chi connectivity index (χ0) is 12.3. The van der Waals surface area contributed by atoms with Crippen molar-refractivity contribution in [2.45, 2.75) is 6.92 Å². The number of aromatic nitrogens is 1. The van der Waals surface area contributed by atoms with Gasteiger partial charge in [-0.15, -0.1) is 0 Å². The van der Waals surface area contributed by atoms with Crippen LogP contribution in [-0.2, 0) is 4.79 Å². The highest BCUT2D eigenvalue weighted by Gasteiger charge is 2.09. The SMILES string of the molecule is CC(COc1ccc2ncccc2c1)C(N)=O. The molecule has 1 aromatic heterocycles. The highest BCUT2D eigenvalue weighted by atomic mass is 16.5. The minimum atomic E-state index is -0.354. The number of carbonyl (C=O) groups excluding carboxylic acids is 1. The van der Waals surface area contributed by atoms with E-state index in [2.05, 4.69) is 4.98 Å². The maximum atomic E-state index is 10.9. The molecule has 1 amide bonds. The van der Waals surface area contributed by atoms with Gasteiger partial charge in [0, 0.05) is 11.6 Å². The average Bonchev–Trinajstić information content (AvgIpc) is 2.35. The Morgan fingerprint density at radius 2 is 2.29 bits per heavy atom. The predicted octanol–water partition coefficient (Wildman–Crippen LogP) is 1.73. The summed E-state index contributed by atoms with van der Waals surface area (Å²) in [4.78, 5) is 15.1. The highest BCUT2D eigenvalue weighted by Crippen LogP contribution is 2.19. The van der Waals surface area contributed by atoms with Crippen LogP contribution < -0.4 is 10.5 Å². The van der Waals surface area contributed by atoms with Gasteiger partial charge in [-0.25, -0.2) is 0 Å². The molecule has 0 aliphatic rings. The van der Waals surface area contributed by atoms with E-state index in [0.29, 0.717) is 6.61 Å². The van der Waals surface area contributed by atoms with Crippen LogP contribution >= 0.6 is 0 Å². The third kappa shape index (κ3) is 2.72. The molecule has 2 aromatic rings. The first-order chi connectivity index (χ1) is 8.16. The van der Waals surface area contributed by atoms with Crippen molar-refractivity contribution in [3.63, 3.8) is 0 Å². The Hall–Kier alpha value is -2.10. The number of carbonyl (C=O) groups is 1. The van der Waals surface area contributed by atoms with E-state index in [1.54, 1.807) is 13.1 Å². The van der Waals surface area contributed by atoms with Gasteiger partial charge in [-0.05, 0) is 24.3 Å². The molecule has 1 unspecified atom stereocenters. The van der Waals surface area contributed by atoms with Crippen LogP contribution in [0.2, 0.25) is 0 Å². The van der Waals surface area contributed by atoms with E-state index in [1.165, 1.54) is 0 Å². The monoisotopic (exact) mass is 230 g/mol. The fraction of sp³-hybridized carbons (Fsp3) is 0.231. The van der Waals surface area contributed by atoms with Crippen molar-refractivity contribution in [2.75, 3.05) is 6.61 Å². The Labute approximate surface area is 99.4 Å². The van der Waals surface area contributed by atoms with Crippen LogP contribution in [0.5, 0.6) is 5.75 Å². The third-order valence-corrected chi connectivity index (χ3v) is 2.56. The van der Waals surface area contributed by atoms with E-state index in [4.69, 9.17) is 10.5 Å². The zero-order valence-electron chi connectivity index (χ0n) is 9.59. The Kier molecular flexibility index (Phi) is 3.23. The molecule has 0 aliphatic carbocycles. The molecule has 0 aliphatic heterocycles. The van der Waals surface area contributed by atoms with Gasteiger partial charge in [0.25, 0.3) is 0 Å². The molecular formula is C13H14N2O2. The molecule has 0 fully saturated rings. The number of nitrogens with two attached hydrogens (primary N) is 1. The number of primary amides is 1. The van der Waals surface area contributed by atoms with Crippen molar-refractivity contribution in [3.8, 4) is 5.75 Å². The molecule has 0 saturated carbocycles. The van der Waals surface area contributed by atoms with Gasteiger partial charge in [0.05, 0.1) is 18.0 Å². The topological polar surface area (TPSA) is 65.2 Å². The van der Waals surface area contributed by atoms with Gasteiger partial charge in [-0.2, -0.15) is 0 Å². The number of ether oxygens (including phenoxy) is 1. The normalized spacial score (nSPS) is 12.3. The maximum absolute atomic E-state index is 10.9. The number of hydrogen-bond donors (Lipinski definition) is 1. The van der Waals surface area contributed by atoms with Crippen molar-refractivity contribution in [3.05, 3.63) is 36.5 Å². The second-order valence-corrected chi connectivity index (χ2v) is 3.97. The van der Waals surface area contributed by atoms with Gasteiger partial charge in [-0.3, -0.25) is 9.78 Å². The summed E-state index contributed by atoms with van der Waals surface area (Å²) in [6.45, 7) is 2.03. The second-order valence-electron chi connectivity index (χ2n) is 3.97. The van der Waals surface area contributed by atoms with Crippen LogP contribution in [0, 0.1) is 5.92 Å². The highest BCUT2D eigenvalue weighted by molar-refractivity contribution is 5.79. The molecule has 2 N–H and O–H groups in total. The lowest BCUT2D eigenvalue weighted by molar-refractivity contribution is -0.122. The number of nitrogens with zero attached hydrogens (tertiary/aromatic N) is 1. The molecule has 4 nitrogen and oxygen atoms in total. The van der Waals surface area contributed by atoms with Crippen molar-refractivity contribution >= 4 is 16.8 Å². The van der Waals surface area contributed by atoms with Crippen LogP contribution in [0.25, 0.3) is 10.9 Å². The first-order valence-electron chi connectivity index (χ1n) is 5.44. The molecule has 0 radical (unpaired) electrons. The first-order valence-corrected chi connectivity index (χ1v) is 5.44. The number of hydrogen-bond acceptors (Lipinski definition) is 3. The number of rotatable bonds is 4. The summed E-state index contributed by atoms with van der Waals surface area (Å²) in [5.74, 6) is 0.0747. The summed E-state index contributed by atoms with van der Waals surface area (Å²) in [5.41, 5.74) is 6.08. The van der Waals surface area contributed by atoms with Gasteiger partial charge in [-0.1, -0.05) is 13.0 Å². The molecule has 0 bridgehead atoms. The van der Waals surface area contributed by atoms with E-state index >= 15 is 0 Å². The zero-order valence-corrected chi connectivity index (χ0v) is 9.59. The summed E-state index contributed by atoms with van der Waals surface area (Å²) >= 11 is 0. The molecule has 0 spiro atoms. The van der Waals surface area contributed by atoms with Crippen LogP contribution in [-0.4, -0.2) is 17.5 Å². The van der Waals surface area contributed by atoms with E-state index in [9.17, 15) is 4.79 Å². The fourth-order valence-corrected chi connectivity index (χ4v) is 1.45. The minimum Gasteiger partial charge on any atom is -0.493 e. The van der Waals surface area contributed by atoms with E-state index in [1.807, 2.05) is 30.3 Å². The summed E-state index contributed by atoms with van der Waals surface area (Å²) in [7, 11) is 0. The summed E-state index contributed by atoms with van der Waals surface area (Å²) in [5, 5.41) is 1.01. The fourth-order valence-electron chi connectivity index (χ4n) is 1.45. The summed E-state index contributed by atoms with van der Waals surface area (Å²) in [6, 6.07) is 9.46. The van der Waals surface area contributed by atoms with E-state index in [0.717, 1.165) is 16.7 Å². The van der Waals surface area contributed by atoms with Crippen molar-refractivity contribution in [1.29, 1.82) is 0 Å². The molecule has 1 aromatic carbocycles. The first kappa shape index (κ1) is 11.4. The van der Waals surface area contributed by atoms with Gasteiger partial charge >= 0.3 is 0 Å². The Balaban J connectivity index is 2.12. The molecule has 2 rings (SSSR count). The lowest BCUT2D eigenvalue weighted by atomic mass is 10.2. The molecule has 1 atom stereocenters. The van der Waals surface area contributed by atoms with Gasteiger partial charge in [0.15, 0.2) is 0 Å². The van der Waals surface area contributed by atoms with Crippen LogP contribution in [0.3, 0.4) is 0 Å². The van der Waals surface area contributed by atoms with Crippen molar-refractivity contribution < 1.29 is 9.53 Å². The smallest absolute Gasteiger partial charge is 0.223 e. The quantitative estimate of drug-likeness (QED) is 0.870. The molecule has 0 saturated heterocycles.